The van der Waals surface area contributed by atoms with Crippen molar-refractivity contribution in [3.8, 4) is 0 Å². The van der Waals surface area contributed by atoms with Crippen molar-refractivity contribution in [1.29, 1.82) is 0 Å². The number of anilines is 1. The average Bonchev–Trinajstić information content (AvgIpc) is 1.82. The van der Waals surface area contributed by atoms with Crippen LogP contribution in [0.5, 0.6) is 0 Å². The molecule has 0 spiro atoms. The Bertz CT molecular complexity index is 274. The van der Waals surface area contributed by atoms with Crippen molar-refractivity contribution in [3.63, 3.8) is 0 Å². The van der Waals surface area contributed by atoms with E-state index in [1.165, 1.54) is 0 Å². The standard InChI is InChI=1S/C5H6FN4O2/c1-5(11,12)10-4-8-2-7-3(6)9-4/h11-12H,1H3,(H,7,8,9,10). The second-order valence-electron chi connectivity index (χ2n) is 2.17. The van der Waals surface area contributed by atoms with Crippen LogP contribution in [0.15, 0.2) is 0 Å². The largest absolute Gasteiger partial charge is 0.349 e. The van der Waals surface area contributed by atoms with E-state index in [-0.39, 0.29) is 5.95 Å². The Morgan fingerprint density at radius 2 is 2.17 bits per heavy atom. The second-order valence-corrected chi connectivity index (χ2v) is 2.17. The molecule has 1 heterocycles. The third-order valence-corrected chi connectivity index (χ3v) is 0.845. The Balaban J connectivity index is 2.77. The number of hydrogen-bond acceptors (Lipinski definition) is 6. The second kappa shape index (κ2) is 2.95. The molecule has 1 aromatic rings. The zero-order chi connectivity index (χ0) is 9.19. The number of aliphatic hydroxyl groups is 2. The van der Waals surface area contributed by atoms with Gasteiger partial charge in [0.1, 0.15) is 0 Å². The van der Waals surface area contributed by atoms with Crippen LogP contribution in [-0.4, -0.2) is 31.1 Å². The van der Waals surface area contributed by atoms with E-state index in [0.717, 1.165) is 6.92 Å². The van der Waals surface area contributed by atoms with Crippen LogP contribution in [0.3, 0.4) is 0 Å². The lowest BCUT2D eigenvalue weighted by Crippen LogP contribution is -2.34. The molecular weight excluding hydrogens is 167 g/mol. The van der Waals surface area contributed by atoms with Gasteiger partial charge in [-0.1, -0.05) is 0 Å². The summed E-state index contributed by atoms with van der Waals surface area (Å²) in [5, 5.41) is 19.5. The summed E-state index contributed by atoms with van der Waals surface area (Å²) >= 11 is 0. The molecule has 7 heteroatoms. The highest BCUT2D eigenvalue weighted by Crippen LogP contribution is 2.02. The van der Waals surface area contributed by atoms with E-state index < -0.39 is 12.0 Å². The lowest BCUT2D eigenvalue weighted by atomic mass is 10.6. The summed E-state index contributed by atoms with van der Waals surface area (Å²) in [7, 11) is 0. The monoisotopic (exact) mass is 173 g/mol. The van der Waals surface area contributed by atoms with Gasteiger partial charge in [-0.25, -0.2) is 0 Å². The topological polar surface area (TPSA) is 91.2 Å². The minimum atomic E-state index is -2.19. The molecule has 1 aromatic heterocycles. The van der Waals surface area contributed by atoms with Crippen molar-refractivity contribution in [3.05, 3.63) is 12.4 Å². The third-order valence-electron chi connectivity index (χ3n) is 0.845. The Morgan fingerprint density at radius 3 is 2.67 bits per heavy atom. The number of nitrogens with one attached hydrogen (secondary N) is 1. The van der Waals surface area contributed by atoms with Crippen molar-refractivity contribution in [2.75, 3.05) is 5.32 Å². The molecule has 0 aliphatic carbocycles. The maximum atomic E-state index is 12.2. The first-order valence-electron chi connectivity index (χ1n) is 2.98. The molecule has 0 aliphatic rings. The number of hydrogen-bond donors (Lipinski definition) is 3. The Kier molecular flexibility index (Phi) is 2.15. The van der Waals surface area contributed by atoms with E-state index in [0.29, 0.717) is 0 Å². The van der Waals surface area contributed by atoms with E-state index in [1.54, 1.807) is 0 Å². The molecule has 1 radical (unpaired) electrons. The molecule has 3 N–H and O–H groups in total. The maximum Gasteiger partial charge on any atom is 0.314 e. The van der Waals surface area contributed by atoms with Gasteiger partial charge in [-0.05, 0) is 0 Å². The van der Waals surface area contributed by atoms with E-state index in [4.69, 9.17) is 10.2 Å². The third kappa shape index (κ3) is 2.72. The fourth-order valence-electron chi connectivity index (χ4n) is 0.519. The lowest BCUT2D eigenvalue weighted by Gasteiger charge is -2.16. The highest BCUT2D eigenvalue weighted by molar-refractivity contribution is 5.22. The van der Waals surface area contributed by atoms with Gasteiger partial charge in [-0.2, -0.15) is 19.3 Å². The van der Waals surface area contributed by atoms with Gasteiger partial charge in [-0.3, -0.25) is 0 Å². The molecule has 0 fully saturated rings. The SMILES string of the molecule is CC(O)(O)Nc1n[c]nc(F)n1. The van der Waals surface area contributed by atoms with E-state index >= 15 is 0 Å². The van der Waals surface area contributed by atoms with Crippen LogP contribution in [0.4, 0.5) is 10.3 Å². The fraction of sp³-hybridized carbons (Fsp3) is 0.400. The molecule has 0 bridgehead atoms. The number of nitrogens with zero attached hydrogens (tertiary/aromatic N) is 3. The van der Waals surface area contributed by atoms with Crippen LogP contribution in [0, 0.1) is 12.4 Å². The van der Waals surface area contributed by atoms with Crippen LogP contribution < -0.4 is 5.32 Å². The minimum absolute atomic E-state index is 0.296. The molecule has 0 aliphatic heterocycles. The number of rotatable bonds is 2. The summed E-state index contributed by atoms with van der Waals surface area (Å²) in [6.45, 7) is 1.04. The highest BCUT2D eigenvalue weighted by Gasteiger charge is 2.15. The lowest BCUT2D eigenvalue weighted by molar-refractivity contribution is -0.119. The van der Waals surface area contributed by atoms with E-state index in [2.05, 4.69) is 15.0 Å². The summed E-state index contributed by atoms with van der Waals surface area (Å²) < 4.78 is 12.2. The molecule has 6 nitrogen and oxygen atoms in total. The van der Waals surface area contributed by atoms with Crippen LogP contribution in [0.2, 0.25) is 0 Å². The molecule has 1 rings (SSSR count). The Labute approximate surface area is 67.1 Å². The van der Waals surface area contributed by atoms with Gasteiger partial charge < -0.3 is 15.5 Å². The molecule has 12 heavy (non-hydrogen) atoms. The average molecular weight is 173 g/mol. The smallest absolute Gasteiger partial charge is 0.314 e. The molecule has 0 saturated heterocycles. The molecule has 0 atom stereocenters. The molecule has 0 unspecified atom stereocenters. The van der Waals surface area contributed by atoms with Gasteiger partial charge in [0.25, 0.3) is 0 Å². The first-order valence-corrected chi connectivity index (χ1v) is 2.98. The zero-order valence-corrected chi connectivity index (χ0v) is 6.11. The van der Waals surface area contributed by atoms with Crippen molar-refractivity contribution in [2.45, 2.75) is 12.8 Å². The summed E-state index contributed by atoms with van der Waals surface area (Å²) in [6.07, 6.45) is 0.885. The summed E-state index contributed by atoms with van der Waals surface area (Å²) in [5.74, 6) is -2.49. The number of aromatic nitrogens is 3. The molecule has 0 saturated carbocycles. The van der Waals surface area contributed by atoms with E-state index in [9.17, 15) is 4.39 Å². The zero-order valence-electron chi connectivity index (χ0n) is 6.11. The van der Waals surface area contributed by atoms with Gasteiger partial charge in [0.05, 0.1) is 0 Å². The molecule has 65 valence electrons. The highest BCUT2D eigenvalue weighted by atomic mass is 19.1. The molecular formula is C5H6FN4O2. The number of halogens is 1. The molecule has 0 amide bonds. The van der Waals surface area contributed by atoms with E-state index in [1.807, 2.05) is 11.6 Å². The van der Waals surface area contributed by atoms with Crippen molar-refractivity contribution < 1.29 is 14.6 Å². The van der Waals surface area contributed by atoms with Gasteiger partial charge in [0.15, 0.2) is 0 Å². The normalized spacial score (nSPS) is 11.3. The molecule has 0 aromatic carbocycles. The predicted octanol–water partition coefficient (Wildman–Crippen LogP) is -1.12. The minimum Gasteiger partial charge on any atom is -0.349 e. The van der Waals surface area contributed by atoms with Gasteiger partial charge in [0.2, 0.25) is 18.2 Å². The van der Waals surface area contributed by atoms with Crippen molar-refractivity contribution in [1.82, 2.24) is 15.0 Å². The van der Waals surface area contributed by atoms with Crippen LogP contribution in [0.25, 0.3) is 0 Å². The van der Waals surface area contributed by atoms with Crippen molar-refractivity contribution >= 4 is 5.95 Å². The summed E-state index contributed by atoms with van der Waals surface area (Å²) in [6, 6.07) is 0. The fourth-order valence-corrected chi connectivity index (χ4v) is 0.519. The first kappa shape index (κ1) is 8.75. The van der Waals surface area contributed by atoms with Crippen LogP contribution in [0.1, 0.15) is 6.92 Å². The quantitative estimate of drug-likeness (QED) is 0.491. The van der Waals surface area contributed by atoms with Crippen LogP contribution in [-0.2, 0) is 0 Å². The maximum absolute atomic E-state index is 12.2. The van der Waals surface area contributed by atoms with Crippen LogP contribution >= 0.6 is 0 Å². The predicted molar refractivity (Wildman–Crippen MR) is 35.1 cm³/mol. The van der Waals surface area contributed by atoms with Gasteiger partial charge >= 0.3 is 6.08 Å². The van der Waals surface area contributed by atoms with Crippen molar-refractivity contribution in [2.24, 2.45) is 0 Å². The summed E-state index contributed by atoms with van der Waals surface area (Å²) in [5.41, 5.74) is 0. The van der Waals surface area contributed by atoms with Gasteiger partial charge in [-0.15, -0.1) is 0 Å². The Hall–Kier alpha value is -1.34. The Morgan fingerprint density at radius 1 is 1.50 bits per heavy atom. The summed E-state index contributed by atoms with van der Waals surface area (Å²) in [4.78, 5) is 9.37. The van der Waals surface area contributed by atoms with Gasteiger partial charge in [0, 0.05) is 6.92 Å². The first-order chi connectivity index (χ1) is 5.47.